The highest BCUT2D eigenvalue weighted by Gasteiger charge is 2.29. The van der Waals surface area contributed by atoms with Crippen LogP contribution in [-0.2, 0) is 11.2 Å². The quantitative estimate of drug-likeness (QED) is 0.740. The topological polar surface area (TPSA) is 55.7 Å². The SMILES string of the molecule is O=C(Cc1cc2nc(-c3cccnc3)ccc2cn1)C1CC1. The first-order chi connectivity index (χ1) is 10.8. The summed E-state index contributed by atoms with van der Waals surface area (Å²) in [6.07, 6.45) is 7.83. The Kier molecular flexibility index (Phi) is 3.15. The van der Waals surface area contributed by atoms with Crippen LogP contribution in [0.3, 0.4) is 0 Å². The zero-order valence-electron chi connectivity index (χ0n) is 12.1. The molecule has 0 atom stereocenters. The predicted molar refractivity (Wildman–Crippen MR) is 84.2 cm³/mol. The van der Waals surface area contributed by atoms with E-state index in [9.17, 15) is 4.79 Å². The number of nitrogens with zero attached hydrogens (tertiary/aromatic N) is 3. The Morgan fingerprint density at radius 3 is 2.86 bits per heavy atom. The third kappa shape index (κ3) is 2.60. The third-order valence-electron chi connectivity index (χ3n) is 3.98. The zero-order chi connectivity index (χ0) is 14.9. The maximum atomic E-state index is 11.9. The monoisotopic (exact) mass is 289 g/mol. The fraction of sp³-hybridized carbons (Fsp3) is 0.222. The van der Waals surface area contributed by atoms with E-state index in [1.807, 2.05) is 30.3 Å². The molecule has 3 aromatic heterocycles. The number of Topliss-reactive ketones (excluding diaryl/α,β-unsaturated/α-hetero) is 1. The Balaban J connectivity index is 1.69. The van der Waals surface area contributed by atoms with Crippen molar-refractivity contribution < 1.29 is 4.79 Å². The molecule has 0 amide bonds. The van der Waals surface area contributed by atoms with Crippen LogP contribution in [0.15, 0.2) is 48.9 Å². The predicted octanol–water partition coefficient (Wildman–Crippen LogP) is 3.21. The highest BCUT2D eigenvalue weighted by atomic mass is 16.1. The van der Waals surface area contributed by atoms with Gasteiger partial charge in [0.2, 0.25) is 0 Å². The van der Waals surface area contributed by atoms with Crippen LogP contribution in [0.2, 0.25) is 0 Å². The second kappa shape index (κ2) is 5.30. The normalized spacial score (nSPS) is 14.2. The summed E-state index contributed by atoms with van der Waals surface area (Å²) in [5, 5.41) is 0.982. The largest absolute Gasteiger partial charge is 0.299 e. The Bertz CT molecular complexity index is 841. The van der Waals surface area contributed by atoms with Gasteiger partial charge in [-0.15, -0.1) is 0 Å². The lowest BCUT2D eigenvalue weighted by atomic mass is 10.1. The van der Waals surface area contributed by atoms with Crippen molar-refractivity contribution in [2.45, 2.75) is 19.3 Å². The van der Waals surface area contributed by atoms with Crippen LogP contribution < -0.4 is 0 Å². The van der Waals surface area contributed by atoms with Crippen LogP contribution >= 0.6 is 0 Å². The van der Waals surface area contributed by atoms with Crippen molar-refractivity contribution in [2.24, 2.45) is 5.92 Å². The molecule has 1 fully saturated rings. The summed E-state index contributed by atoms with van der Waals surface area (Å²) in [6.45, 7) is 0. The molecule has 108 valence electrons. The summed E-state index contributed by atoms with van der Waals surface area (Å²) in [5.41, 5.74) is 3.54. The van der Waals surface area contributed by atoms with Gasteiger partial charge >= 0.3 is 0 Å². The van der Waals surface area contributed by atoms with Crippen LogP contribution in [0.4, 0.5) is 0 Å². The highest BCUT2D eigenvalue weighted by molar-refractivity contribution is 5.86. The molecule has 0 bridgehead atoms. The number of carbonyl (C=O) groups excluding carboxylic acids is 1. The van der Waals surface area contributed by atoms with Gasteiger partial charge in [0.05, 0.1) is 11.2 Å². The van der Waals surface area contributed by atoms with E-state index in [0.29, 0.717) is 12.2 Å². The Morgan fingerprint density at radius 2 is 2.09 bits per heavy atom. The first-order valence-electron chi connectivity index (χ1n) is 7.48. The molecule has 22 heavy (non-hydrogen) atoms. The minimum absolute atomic E-state index is 0.271. The summed E-state index contributed by atoms with van der Waals surface area (Å²) >= 11 is 0. The molecular formula is C18H15N3O. The number of hydrogen-bond acceptors (Lipinski definition) is 4. The maximum Gasteiger partial charge on any atom is 0.141 e. The molecule has 0 aromatic carbocycles. The first-order valence-corrected chi connectivity index (χ1v) is 7.48. The molecule has 3 heterocycles. The van der Waals surface area contributed by atoms with Gasteiger partial charge in [-0.2, -0.15) is 0 Å². The molecule has 0 N–H and O–H groups in total. The van der Waals surface area contributed by atoms with Crippen molar-refractivity contribution in [3.05, 3.63) is 54.6 Å². The van der Waals surface area contributed by atoms with E-state index in [4.69, 9.17) is 0 Å². The van der Waals surface area contributed by atoms with E-state index in [2.05, 4.69) is 15.0 Å². The van der Waals surface area contributed by atoms with E-state index in [0.717, 1.165) is 40.7 Å². The Morgan fingerprint density at radius 1 is 1.18 bits per heavy atom. The fourth-order valence-corrected chi connectivity index (χ4v) is 2.56. The lowest BCUT2D eigenvalue weighted by Crippen LogP contribution is -2.06. The van der Waals surface area contributed by atoms with E-state index in [-0.39, 0.29) is 5.92 Å². The number of carbonyl (C=O) groups is 1. The number of rotatable bonds is 4. The van der Waals surface area contributed by atoms with Crippen LogP contribution in [0.5, 0.6) is 0 Å². The van der Waals surface area contributed by atoms with Gasteiger partial charge in [-0.1, -0.05) is 0 Å². The van der Waals surface area contributed by atoms with Crippen molar-refractivity contribution in [1.29, 1.82) is 0 Å². The Hall–Kier alpha value is -2.62. The minimum Gasteiger partial charge on any atom is -0.299 e. The van der Waals surface area contributed by atoms with E-state index >= 15 is 0 Å². The molecular weight excluding hydrogens is 274 g/mol. The highest BCUT2D eigenvalue weighted by Crippen LogP contribution is 2.31. The summed E-state index contributed by atoms with van der Waals surface area (Å²) < 4.78 is 0. The third-order valence-corrected chi connectivity index (χ3v) is 3.98. The van der Waals surface area contributed by atoms with Crippen molar-refractivity contribution in [1.82, 2.24) is 15.0 Å². The van der Waals surface area contributed by atoms with Crippen molar-refractivity contribution in [3.8, 4) is 11.3 Å². The summed E-state index contributed by atoms with van der Waals surface area (Å²) in [7, 11) is 0. The number of pyridine rings is 3. The van der Waals surface area contributed by atoms with Crippen molar-refractivity contribution in [2.75, 3.05) is 0 Å². The second-order valence-electron chi connectivity index (χ2n) is 5.72. The maximum absolute atomic E-state index is 11.9. The summed E-state index contributed by atoms with van der Waals surface area (Å²) in [4.78, 5) is 25.1. The molecule has 0 radical (unpaired) electrons. The second-order valence-corrected chi connectivity index (χ2v) is 5.72. The van der Waals surface area contributed by atoms with Gasteiger partial charge in [-0.3, -0.25) is 14.8 Å². The van der Waals surface area contributed by atoms with Crippen LogP contribution in [0.25, 0.3) is 22.2 Å². The molecule has 0 unspecified atom stereocenters. The van der Waals surface area contributed by atoms with Crippen molar-refractivity contribution in [3.63, 3.8) is 0 Å². The molecule has 1 aliphatic rings. The van der Waals surface area contributed by atoms with Gasteiger partial charge in [0.1, 0.15) is 5.78 Å². The smallest absolute Gasteiger partial charge is 0.141 e. The molecule has 3 aromatic rings. The van der Waals surface area contributed by atoms with Crippen LogP contribution in [0.1, 0.15) is 18.5 Å². The molecule has 0 aliphatic heterocycles. The Labute approximate surface area is 128 Å². The number of hydrogen-bond donors (Lipinski definition) is 0. The van der Waals surface area contributed by atoms with Crippen LogP contribution in [0, 0.1) is 5.92 Å². The van der Waals surface area contributed by atoms with Gasteiger partial charge in [-0.05, 0) is 43.2 Å². The number of aromatic nitrogens is 3. The summed E-state index contributed by atoms with van der Waals surface area (Å²) in [6, 6.07) is 9.78. The minimum atomic E-state index is 0.271. The number of fused-ring (bicyclic) bond motifs is 1. The van der Waals surface area contributed by atoms with Gasteiger partial charge in [0.15, 0.2) is 0 Å². The average Bonchev–Trinajstić information content (AvgIpc) is 3.40. The van der Waals surface area contributed by atoms with Crippen molar-refractivity contribution >= 4 is 16.7 Å². The summed E-state index contributed by atoms with van der Waals surface area (Å²) in [5.74, 6) is 0.572. The van der Waals surface area contributed by atoms with Gasteiger partial charge in [0.25, 0.3) is 0 Å². The molecule has 0 spiro atoms. The molecule has 4 rings (SSSR count). The standard InChI is InChI=1S/C18H15N3O/c22-18(12-3-4-12)9-15-8-17-14(11-20-15)5-6-16(21-17)13-2-1-7-19-10-13/h1-2,5-8,10-12H,3-4,9H2. The molecule has 1 aliphatic carbocycles. The fourth-order valence-electron chi connectivity index (χ4n) is 2.56. The van der Waals surface area contributed by atoms with Gasteiger partial charge in [0, 0.05) is 47.6 Å². The average molecular weight is 289 g/mol. The zero-order valence-corrected chi connectivity index (χ0v) is 12.1. The van der Waals surface area contributed by atoms with Gasteiger partial charge in [-0.25, -0.2) is 4.98 Å². The lowest BCUT2D eigenvalue weighted by Gasteiger charge is -2.05. The van der Waals surface area contributed by atoms with E-state index in [1.165, 1.54) is 0 Å². The molecule has 1 saturated carbocycles. The molecule has 4 heteroatoms. The van der Waals surface area contributed by atoms with E-state index in [1.54, 1.807) is 18.6 Å². The first kappa shape index (κ1) is 13.1. The molecule has 4 nitrogen and oxygen atoms in total. The number of ketones is 1. The van der Waals surface area contributed by atoms with Gasteiger partial charge < -0.3 is 0 Å². The van der Waals surface area contributed by atoms with E-state index < -0.39 is 0 Å². The lowest BCUT2D eigenvalue weighted by molar-refractivity contribution is -0.119. The molecule has 0 saturated heterocycles. The van der Waals surface area contributed by atoms with Crippen LogP contribution in [-0.4, -0.2) is 20.7 Å².